The van der Waals surface area contributed by atoms with Gasteiger partial charge in [0.15, 0.2) is 5.11 Å². The van der Waals surface area contributed by atoms with Crippen molar-refractivity contribution in [2.45, 2.75) is 45.1 Å². The Morgan fingerprint density at radius 2 is 2.09 bits per heavy atom. The van der Waals surface area contributed by atoms with E-state index in [4.69, 9.17) is 17.0 Å². The van der Waals surface area contributed by atoms with Crippen molar-refractivity contribution in [1.29, 1.82) is 0 Å². The Hall–Kier alpha value is -0.390. The minimum absolute atomic E-state index is 0.523. The van der Waals surface area contributed by atoms with E-state index in [2.05, 4.69) is 22.5 Å². The van der Waals surface area contributed by atoms with Crippen LogP contribution in [-0.4, -0.2) is 55.4 Å². The standard InChI is InChI=1S/C17H31N3OS/c1-13(16-12-14-3-4-15(16)11-14)19-17(22)18-5-2-6-20-7-9-21-10-8-20/h13-16H,2-12H2,1H3,(H2,18,19,22)/t13-,14+,15+,16+/m1/s1. The van der Waals surface area contributed by atoms with E-state index < -0.39 is 0 Å². The Labute approximate surface area is 140 Å². The Bertz CT molecular complexity index is 373. The van der Waals surface area contributed by atoms with Crippen molar-refractivity contribution in [3.05, 3.63) is 0 Å². The highest BCUT2D eigenvalue weighted by atomic mass is 32.1. The van der Waals surface area contributed by atoms with Crippen LogP contribution < -0.4 is 10.6 Å². The highest BCUT2D eigenvalue weighted by molar-refractivity contribution is 7.80. The van der Waals surface area contributed by atoms with E-state index in [0.29, 0.717) is 6.04 Å². The first-order chi connectivity index (χ1) is 10.7. The van der Waals surface area contributed by atoms with E-state index in [1.54, 1.807) is 0 Å². The van der Waals surface area contributed by atoms with Crippen molar-refractivity contribution in [2.24, 2.45) is 17.8 Å². The van der Waals surface area contributed by atoms with Crippen molar-refractivity contribution in [3.8, 4) is 0 Å². The van der Waals surface area contributed by atoms with Gasteiger partial charge in [0.2, 0.25) is 0 Å². The summed E-state index contributed by atoms with van der Waals surface area (Å²) in [6.07, 6.45) is 6.94. The van der Waals surface area contributed by atoms with Gasteiger partial charge in [0, 0.05) is 25.7 Å². The first-order valence-corrected chi connectivity index (χ1v) is 9.47. The number of nitrogens with one attached hydrogen (secondary N) is 2. The second kappa shape index (κ2) is 7.93. The minimum atomic E-state index is 0.523. The maximum Gasteiger partial charge on any atom is 0.166 e. The van der Waals surface area contributed by atoms with Gasteiger partial charge in [-0.2, -0.15) is 0 Å². The molecule has 0 unspecified atom stereocenters. The molecule has 1 saturated heterocycles. The number of fused-ring (bicyclic) bond motifs is 2. The summed E-state index contributed by atoms with van der Waals surface area (Å²) >= 11 is 5.47. The summed E-state index contributed by atoms with van der Waals surface area (Å²) in [6.45, 7) is 8.33. The second-order valence-electron chi connectivity index (χ2n) is 7.34. The van der Waals surface area contributed by atoms with Crippen molar-refractivity contribution < 1.29 is 4.74 Å². The number of morpholine rings is 1. The molecule has 0 aromatic rings. The molecule has 2 saturated carbocycles. The molecular formula is C17H31N3OS. The summed E-state index contributed by atoms with van der Waals surface area (Å²) in [5, 5.41) is 7.76. The van der Waals surface area contributed by atoms with Crippen LogP contribution in [0, 0.1) is 17.8 Å². The Balaban J connectivity index is 1.27. The molecule has 3 aliphatic rings. The summed E-state index contributed by atoms with van der Waals surface area (Å²) in [7, 11) is 0. The molecule has 4 nitrogen and oxygen atoms in total. The lowest BCUT2D eigenvalue weighted by Crippen LogP contribution is -2.45. The molecule has 0 aromatic heterocycles. The zero-order chi connectivity index (χ0) is 15.4. The van der Waals surface area contributed by atoms with Crippen LogP contribution in [-0.2, 0) is 4.74 Å². The van der Waals surface area contributed by atoms with Crippen molar-refractivity contribution >= 4 is 17.3 Å². The quantitative estimate of drug-likeness (QED) is 0.577. The number of thiocarbonyl (C=S) groups is 1. The first kappa shape index (κ1) is 16.5. The van der Waals surface area contributed by atoms with Crippen LogP contribution in [0.25, 0.3) is 0 Å². The third-order valence-corrected chi connectivity index (χ3v) is 6.10. The lowest BCUT2D eigenvalue weighted by atomic mass is 9.84. The molecule has 0 aromatic carbocycles. The smallest absolute Gasteiger partial charge is 0.166 e. The Morgan fingerprint density at radius 1 is 1.27 bits per heavy atom. The monoisotopic (exact) mass is 325 g/mol. The zero-order valence-electron chi connectivity index (χ0n) is 13.9. The summed E-state index contributed by atoms with van der Waals surface area (Å²) in [6, 6.07) is 0.523. The molecule has 1 aliphatic heterocycles. The summed E-state index contributed by atoms with van der Waals surface area (Å²) in [5.74, 6) is 2.80. The number of hydrogen-bond donors (Lipinski definition) is 2. The van der Waals surface area contributed by atoms with E-state index in [0.717, 1.165) is 68.7 Å². The first-order valence-electron chi connectivity index (χ1n) is 9.07. The van der Waals surface area contributed by atoms with Gasteiger partial charge >= 0.3 is 0 Å². The normalized spacial score (nSPS) is 32.9. The molecule has 4 atom stereocenters. The lowest BCUT2D eigenvalue weighted by Gasteiger charge is -2.29. The predicted octanol–water partition coefficient (Wildman–Crippen LogP) is 2.00. The van der Waals surface area contributed by atoms with Gasteiger partial charge in [-0.15, -0.1) is 0 Å². The van der Waals surface area contributed by atoms with Crippen molar-refractivity contribution in [2.75, 3.05) is 39.4 Å². The fraction of sp³-hybridized carbons (Fsp3) is 0.941. The topological polar surface area (TPSA) is 36.5 Å². The third-order valence-electron chi connectivity index (χ3n) is 5.83. The number of hydrogen-bond acceptors (Lipinski definition) is 3. The molecule has 2 N–H and O–H groups in total. The van der Waals surface area contributed by atoms with Gasteiger partial charge in [0.1, 0.15) is 0 Å². The largest absolute Gasteiger partial charge is 0.379 e. The third kappa shape index (κ3) is 4.33. The average molecular weight is 326 g/mol. The van der Waals surface area contributed by atoms with Crippen LogP contribution in [0.3, 0.4) is 0 Å². The van der Waals surface area contributed by atoms with E-state index in [-0.39, 0.29) is 0 Å². The van der Waals surface area contributed by atoms with Crippen molar-refractivity contribution in [1.82, 2.24) is 15.5 Å². The van der Waals surface area contributed by atoms with E-state index >= 15 is 0 Å². The minimum Gasteiger partial charge on any atom is -0.379 e. The van der Waals surface area contributed by atoms with Gasteiger partial charge in [-0.25, -0.2) is 0 Å². The van der Waals surface area contributed by atoms with Gasteiger partial charge in [-0.3, -0.25) is 4.90 Å². The van der Waals surface area contributed by atoms with Gasteiger partial charge in [0.05, 0.1) is 13.2 Å². The number of nitrogens with zero attached hydrogens (tertiary/aromatic N) is 1. The highest BCUT2D eigenvalue weighted by Gasteiger charge is 2.41. The molecule has 0 amide bonds. The van der Waals surface area contributed by atoms with Crippen LogP contribution in [0.2, 0.25) is 0 Å². The van der Waals surface area contributed by atoms with Crippen LogP contribution in [0.4, 0.5) is 0 Å². The molecule has 0 spiro atoms. The number of rotatable bonds is 6. The van der Waals surface area contributed by atoms with Crippen LogP contribution in [0.5, 0.6) is 0 Å². The van der Waals surface area contributed by atoms with E-state index in [9.17, 15) is 0 Å². The maximum absolute atomic E-state index is 5.47. The molecular weight excluding hydrogens is 294 g/mol. The SMILES string of the molecule is C[C@@H](NC(=S)NCCCN1CCOCC1)[C@@H]1C[C@H]2CC[C@H]1C2. The van der Waals surface area contributed by atoms with Crippen LogP contribution in [0.1, 0.15) is 39.0 Å². The maximum atomic E-state index is 5.47. The molecule has 126 valence electrons. The summed E-state index contributed by atoms with van der Waals surface area (Å²) in [4.78, 5) is 2.47. The average Bonchev–Trinajstić information content (AvgIpc) is 3.15. The molecule has 22 heavy (non-hydrogen) atoms. The van der Waals surface area contributed by atoms with Gasteiger partial charge in [-0.1, -0.05) is 6.42 Å². The van der Waals surface area contributed by atoms with E-state index in [1.165, 1.54) is 25.7 Å². The van der Waals surface area contributed by atoms with Crippen LogP contribution >= 0.6 is 12.2 Å². The van der Waals surface area contributed by atoms with Gasteiger partial charge in [-0.05, 0) is 69.1 Å². The van der Waals surface area contributed by atoms with Gasteiger partial charge < -0.3 is 15.4 Å². The molecule has 3 fully saturated rings. The summed E-state index contributed by atoms with van der Waals surface area (Å²) < 4.78 is 5.37. The Morgan fingerprint density at radius 3 is 2.77 bits per heavy atom. The molecule has 5 heteroatoms. The van der Waals surface area contributed by atoms with E-state index in [1.807, 2.05) is 0 Å². The van der Waals surface area contributed by atoms with Crippen LogP contribution in [0.15, 0.2) is 0 Å². The lowest BCUT2D eigenvalue weighted by molar-refractivity contribution is 0.0376. The zero-order valence-corrected chi connectivity index (χ0v) is 14.7. The van der Waals surface area contributed by atoms with Crippen molar-refractivity contribution in [3.63, 3.8) is 0 Å². The molecule has 3 rings (SSSR count). The predicted molar refractivity (Wildman–Crippen MR) is 94.0 cm³/mol. The highest BCUT2D eigenvalue weighted by Crippen LogP contribution is 2.49. The fourth-order valence-electron chi connectivity index (χ4n) is 4.60. The summed E-state index contributed by atoms with van der Waals surface area (Å²) in [5.41, 5.74) is 0. The number of ether oxygens (including phenoxy) is 1. The second-order valence-corrected chi connectivity index (χ2v) is 7.74. The Kier molecular flexibility index (Phi) is 5.94. The molecule has 1 heterocycles. The molecule has 0 radical (unpaired) electrons. The molecule has 2 aliphatic carbocycles. The van der Waals surface area contributed by atoms with Gasteiger partial charge in [0.25, 0.3) is 0 Å². The molecule has 2 bridgehead atoms. The fourth-order valence-corrected chi connectivity index (χ4v) is 4.89.